The maximum absolute atomic E-state index is 11.9. The number of carboxylic acids is 1. The van der Waals surface area contributed by atoms with Crippen LogP contribution in [-0.2, 0) is 9.53 Å². The first-order valence-corrected chi connectivity index (χ1v) is 6.90. The number of amides is 2. The van der Waals surface area contributed by atoms with Gasteiger partial charge in [0.15, 0.2) is 0 Å². The van der Waals surface area contributed by atoms with Gasteiger partial charge in [0.05, 0.1) is 18.1 Å². The molecule has 1 aliphatic heterocycles. The van der Waals surface area contributed by atoms with Gasteiger partial charge in [-0.1, -0.05) is 6.92 Å². The van der Waals surface area contributed by atoms with Crippen LogP contribution in [0.15, 0.2) is 0 Å². The molecule has 0 spiro atoms. The normalized spacial score (nSPS) is 19.1. The molecule has 116 valence electrons. The van der Waals surface area contributed by atoms with Crippen molar-refractivity contribution < 1.29 is 24.5 Å². The van der Waals surface area contributed by atoms with Crippen molar-refractivity contribution in [2.24, 2.45) is 5.92 Å². The molecular formula is C13H24N2O5. The van der Waals surface area contributed by atoms with Crippen molar-refractivity contribution in [3.05, 3.63) is 0 Å². The molecule has 0 saturated carbocycles. The monoisotopic (exact) mass is 288 g/mol. The van der Waals surface area contributed by atoms with Crippen molar-refractivity contribution in [1.29, 1.82) is 0 Å². The third-order valence-electron chi connectivity index (χ3n) is 3.64. The topological polar surface area (TPSA) is 99.1 Å². The van der Waals surface area contributed by atoms with Gasteiger partial charge in [-0.25, -0.2) is 4.79 Å². The van der Waals surface area contributed by atoms with E-state index < -0.39 is 17.5 Å². The van der Waals surface area contributed by atoms with E-state index >= 15 is 0 Å². The molecule has 0 aromatic heterocycles. The molecule has 1 aliphatic rings. The minimum Gasteiger partial charge on any atom is -0.481 e. The van der Waals surface area contributed by atoms with E-state index in [9.17, 15) is 14.7 Å². The summed E-state index contributed by atoms with van der Waals surface area (Å²) in [6.07, 6.45) is 1.45. The van der Waals surface area contributed by atoms with Crippen molar-refractivity contribution >= 4 is 12.0 Å². The van der Waals surface area contributed by atoms with Crippen molar-refractivity contribution in [3.8, 4) is 0 Å². The smallest absolute Gasteiger partial charge is 0.317 e. The van der Waals surface area contributed by atoms with Crippen LogP contribution in [0.1, 0.15) is 26.2 Å². The fraction of sp³-hybridized carbons (Fsp3) is 0.846. The first-order valence-electron chi connectivity index (χ1n) is 6.90. The molecule has 0 bridgehead atoms. The van der Waals surface area contributed by atoms with E-state index in [1.54, 1.807) is 14.0 Å². The van der Waals surface area contributed by atoms with Crippen LogP contribution in [0.25, 0.3) is 0 Å². The van der Waals surface area contributed by atoms with Crippen molar-refractivity contribution in [3.63, 3.8) is 0 Å². The number of nitrogens with zero attached hydrogens (tertiary/aromatic N) is 1. The molecule has 0 aliphatic carbocycles. The second kappa shape index (κ2) is 7.44. The molecule has 0 aromatic carbocycles. The maximum Gasteiger partial charge on any atom is 0.317 e. The molecule has 3 N–H and O–H groups in total. The number of rotatable bonds is 6. The molecule has 2 amide bonds. The van der Waals surface area contributed by atoms with Gasteiger partial charge in [-0.05, 0) is 6.42 Å². The van der Waals surface area contributed by atoms with Gasteiger partial charge in [0.1, 0.15) is 0 Å². The predicted octanol–water partition coefficient (Wildman–Crippen LogP) is 0.280. The molecule has 1 unspecified atom stereocenters. The molecule has 0 aromatic rings. The molecule has 7 heteroatoms. The van der Waals surface area contributed by atoms with Crippen LogP contribution in [0.5, 0.6) is 0 Å². The van der Waals surface area contributed by atoms with Crippen molar-refractivity contribution in [1.82, 2.24) is 10.2 Å². The van der Waals surface area contributed by atoms with Crippen LogP contribution < -0.4 is 5.32 Å². The standard InChI is InChI=1S/C13H24N2O5/c1-3-10(11(16)17)8-14-12(18)15(2)9-13(19)4-6-20-7-5-13/h10,19H,3-9H2,1-2H3,(H,14,18)(H,16,17). The number of carboxylic acid groups (broad SMARTS) is 1. The van der Waals surface area contributed by atoms with Gasteiger partial charge in [0, 0.05) is 39.6 Å². The van der Waals surface area contributed by atoms with Crippen molar-refractivity contribution in [2.45, 2.75) is 31.8 Å². The summed E-state index contributed by atoms with van der Waals surface area (Å²) in [7, 11) is 1.59. The minimum absolute atomic E-state index is 0.0938. The van der Waals surface area contributed by atoms with Gasteiger partial charge in [0.2, 0.25) is 0 Å². The summed E-state index contributed by atoms with van der Waals surface area (Å²) >= 11 is 0. The molecule has 1 rings (SSSR count). The maximum atomic E-state index is 11.9. The van der Waals surface area contributed by atoms with Crippen LogP contribution in [-0.4, -0.2) is 66.1 Å². The lowest BCUT2D eigenvalue weighted by Gasteiger charge is -2.35. The lowest BCUT2D eigenvalue weighted by atomic mass is 9.94. The number of nitrogens with one attached hydrogen (secondary N) is 1. The average molecular weight is 288 g/mol. The van der Waals surface area contributed by atoms with Gasteiger partial charge in [-0.3, -0.25) is 4.79 Å². The average Bonchev–Trinajstić information content (AvgIpc) is 2.39. The SMILES string of the molecule is CCC(CNC(=O)N(C)CC1(O)CCOCC1)C(=O)O. The van der Waals surface area contributed by atoms with E-state index in [2.05, 4.69) is 5.32 Å². The fourth-order valence-corrected chi connectivity index (χ4v) is 2.17. The zero-order valence-electron chi connectivity index (χ0n) is 12.1. The molecule has 7 nitrogen and oxygen atoms in total. The zero-order chi connectivity index (χ0) is 15.2. The second-order valence-electron chi connectivity index (χ2n) is 5.32. The Labute approximate surface area is 118 Å². The third kappa shape index (κ3) is 4.97. The largest absolute Gasteiger partial charge is 0.481 e. The first kappa shape index (κ1) is 16.7. The highest BCUT2D eigenvalue weighted by Crippen LogP contribution is 2.21. The molecule has 20 heavy (non-hydrogen) atoms. The number of carbonyl (C=O) groups is 2. The highest BCUT2D eigenvalue weighted by atomic mass is 16.5. The summed E-state index contributed by atoms with van der Waals surface area (Å²) in [5.41, 5.74) is -0.915. The van der Waals surface area contributed by atoms with E-state index in [0.717, 1.165) is 0 Å². The number of carbonyl (C=O) groups excluding carboxylic acids is 1. The Bertz CT molecular complexity index is 342. The summed E-state index contributed by atoms with van der Waals surface area (Å²) < 4.78 is 5.18. The zero-order valence-corrected chi connectivity index (χ0v) is 12.1. The number of ether oxygens (including phenoxy) is 1. The van der Waals surface area contributed by atoms with E-state index in [1.807, 2.05) is 0 Å². The lowest BCUT2D eigenvalue weighted by molar-refractivity contribution is -0.141. The highest BCUT2D eigenvalue weighted by molar-refractivity contribution is 5.75. The summed E-state index contributed by atoms with van der Waals surface area (Å²) in [4.78, 5) is 24.1. The van der Waals surface area contributed by atoms with Gasteiger partial charge in [0.25, 0.3) is 0 Å². The Hall–Kier alpha value is -1.34. The van der Waals surface area contributed by atoms with Gasteiger partial charge < -0.3 is 25.2 Å². The molecule has 0 radical (unpaired) electrons. The lowest BCUT2D eigenvalue weighted by Crippen LogP contribution is -2.50. The van der Waals surface area contributed by atoms with Crippen LogP contribution >= 0.6 is 0 Å². The van der Waals surface area contributed by atoms with E-state index in [1.165, 1.54) is 4.90 Å². The molecule has 1 atom stereocenters. The Morgan fingerprint density at radius 1 is 1.40 bits per heavy atom. The third-order valence-corrected chi connectivity index (χ3v) is 3.64. The van der Waals surface area contributed by atoms with Crippen LogP contribution in [0.2, 0.25) is 0 Å². The Morgan fingerprint density at radius 3 is 2.50 bits per heavy atom. The van der Waals surface area contributed by atoms with Gasteiger partial charge in [-0.15, -0.1) is 0 Å². The van der Waals surface area contributed by atoms with E-state index in [-0.39, 0.29) is 19.1 Å². The number of aliphatic hydroxyl groups is 1. The van der Waals surface area contributed by atoms with Gasteiger partial charge in [-0.2, -0.15) is 0 Å². The van der Waals surface area contributed by atoms with Crippen LogP contribution in [0.4, 0.5) is 4.79 Å². The Balaban J connectivity index is 2.40. The summed E-state index contributed by atoms with van der Waals surface area (Å²) in [6, 6.07) is -0.371. The molecule has 1 heterocycles. The summed E-state index contributed by atoms with van der Waals surface area (Å²) in [5.74, 6) is -1.50. The number of likely N-dealkylation sites (N-methyl/N-ethyl adjacent to an activating group) is 1. The predicted molar refractivity (Wildman–Crippen MR) is 72.4 cm³/mol. The van der Waals surface area contributed by atoms with Crippen molar-refractivity contribution in [2.75, 3.05) is 33.4 Å². The second-order valence-corrected chi connectivity index (χ2v) is 5.32. The number of hydrogen-bond donors (Lipinski definition) is 3. The fourth-order valence-electron chi connectivity index (χ4n) is 2.17. The molecular weight excluding hydrogens is 264 g/mol. The highest BCUT2D eigenvalue weighted by Gasteiger charge is 2.32. The quantitative estimate of drug-likeness (QED) is 0.652. The van der Waals surface area contributed by atoms with Crippen LogP contribution in [0, 0.1) is 5.92 Å². The molecule has 1 fully saturated rings. The molecule has 1 saturated heterocycles. The Kier molecular flexibility index (Phi) is 6.22. The minimum atomic E-state index is -0.918. The van der Waals surface area contributed by atoms with E-state index in [0.29, 0.717) is 32.5 Å². The number of aliphatic carboxylic acids is 1. The first-order chi connectivity index (χ1) is 9.38. The van der Waals surface area contributed by atoms with Crippen LogP contribution in [0.3, 0.4) is 0 Å². The van der Waals surface area contributed by atoms with Gasteiger partial charge >= 0.3 is 12.0 Å². The summed E-state index contributed by atoms with van der Waals surface area (Å²) in [5, 5.41) is 21.8. The van der Waals surface area contributed by atoms with E-state index in [4.69, 9.17) is 9.84 Å². The Morgan fingerprint density at radius 2 is 2.00 bits per heavy atom. The summed E-state index contributed by atoms with van der Waals surface area (Å²) in [6.45, 7) is 3.05. The number of urea groups is 1. The number of hydrogen-bond acceptors (Lipinski definition) is 4.